The van der Waals surface area contributed by atoms with Crippen LogP contribution in [0.25, 0.3) is 0 Å². The van der Waals surface area contributed by atoms with Gasteiger partial charge in [0.15, 0.2) is 6.10 Å². The molecule has 0 heterocycles. The molecule has 17 heteroatoms. The molecule has 27 heavy (non-hydrogen) atoms. The maximum absolute atomic E-state index is 12.2. The van der Waals surface area contributed by atoms with Crippen LogP contribution in [0.2, 0.25) is 0 Å². The van der Waals surface area contributed by atoms with Crippen molar-refractivity contribution in [1.29, 1.82) is 0 Å². The molecular formula is C10H13F9O6S2. The van der Waals surface area contributed by atoms with Crippen molar-refractivity contribution in [3.8, 4) is 0 Å². The minimum atomic E-state index is -6.07. The van der Waals surface area contributed by atoms with E-state index in [1.165, 1.54) is 0 Å². The van der Waals surface area contributed by atoms with E-state index in [1.54, 1.807) is 0 Å². The fourth-order valence-electron chi connectivity index (χ4n) is 1.37. The number of alkyl halides is 9. The first-order chi connectivity index (χ1) is 11.7. The zero-order valence-electron chi connectivity index (χ0n) is 13.2. The Balaban J connectivity index is 4.72. The molecule has 164 valence electrons. The summed E-state index contributed by atoms with van der Waals surface area (Å²) >= 11 is 0. The summed E-state index contributed by atoms with van der Waals surface area (Å²) in [5.74, 6) is -2.58. The minimum absolute atomic E-state index is 0.379. The molecule has 0 saturated heterocycles. The van der Waals surface area contributed by atoms with Gasteiger partial charge in [0.05, 0.1) is 11.5 Å². The Hall–Kier alpha value is -0.810. The molecule has 0 aliphatic heterocycles. The van der Waals surface area contributed by atoms with Crippen LogP contribution in [0.3, 0.4) is 0 Å². The molecule has 0 spiro atoms. The van der Waals surface area contributed by atoms with E-state index < -0.39 is 75.3 Å². The first-order valence-corrected chi connectivity index (χ1v) is 9.85. The zero-order valence-corrected chi connectivity index (χ0v) is 14.8. The van der Waals surface area contributed by atoms with E-state index in [1.807, 2.05) is 0 Å². The van der Waals surface area contributed by atoms with Crippen LogP contribution in [-0.4, -0.2) is 59.1 Å². The molecule has 0 aliphatic rings. The highest BCUT2D eigenvalue weighted by Gasteiger charge is 2.60. The van der Waals surface area contributed by atoms with E-state index in [-0.39, 0.29) is 0 Å². The van der Waals surface area contributed by atoms with Crippen molar-refractivity contribution in [2.24, 2.45) is 0 Å². The molecule has 6 nitrogen and oxygen atoms in total. The van der Waals surface area contributed by atoms with Gasteiger partial charge in [0.1, 0.15) is 0 Å². The lowest BCUT2D eigenvalue weighted by atomic mass is 10.3. The summed E-state index contributed by atoms with van der Waals surface area (Å²) in [6.45, 7) is 0.379. The molecule has 0 saturated carbocycles. The van der Waals surface area contributed by atoms with Crippen molar-refractivity contribution >= 4 is 20.2 Å². The summed E-state index contributed by atoms with van der Waals surface area (Å²) < 4.78 is 162. The Morgan fingerprint density at radius 1 is 0.667 bits per heavy atom. The highest BCUT2D eigenvalue weighted by Crippen LogP contribution is 2.36. The van der Waals surface area contributed by atoms with Crippen LogP contribution >= 0.6 is 0 Å². The molecule has 0 aromatic heterocycles. The summed E-state index contributed by atoms with van der Waals surface area (Å²) in [6.07, 6.45) is -26.0. The third kappa shape index (κ3) is 10.3. The molecule has 1 atom stereocenters. The van der Waals surface area contributed by atoms with E-state index in [4.69, 9.17) is 0 Å². The summed E-state index contributed by atoms with van der Waals surface area (Å²) in [7, 11) is -10.1. The Morgan fingerprint density at radius 2 is 1.00 bits per heavy atom. The van der Waals surface area contributed by atoms with Crippen LogP contribution in [-0.2, 0) is 28.6 Å². The average Bonchev–Trinajstić information content (AvgIpc) is 2.37. The smallest absolute Gasteiger partial charge is 0.257 e. The number of hydrogen-bond acceptors (Lipinski definition) is 6. The van der Waals surface area contributed by atoms with E-state index in [0.717, 1.165) is 0 Å². The van der Waals surface area contributed by atoms with Gasteiger partial charge in [0.2, 0.25) is 0 Å². The number of unbranched alkanes of at least 4 members (excludes halogenated alkanes) is 1. The van der Waals surface area contributed by atoms with Gasteiger partial charge in [-0.2, -0.15) is 56.3 Å². The predicted molar refractivity (Wildman–Crippen MR) is 70.4 cm³/mol. The first kappa shape index (κ1) is 26.2. The van der Waals surface area contributed by atoms with Gasteiger partial charge in [-0.3, -0.25) is 4.18 Å². The molecule has 0 rings (SSSR count). The fourth-order valence-corrected chi connectivity index (χ4v) is 3.74. The average molecular weight is 464 g/mol. The second-order valence-electron chi connectivity index (χ2n) is 5.07. The fraction of sp³-hybridized carbons (Fsp3) is 1.00. The Bertz CT molecular complexity index is 663. The molecule has 0 aliphatic carbocycles. The largest absolute Gasteiger partial charge is 0.425 e. The molecule has 0 bridgehead atoms. The van der Waals surface area contributed by atoms with Crippen molar-refractivity contribution in [3.05, 3.63) is 0 Å². The Kier molecular flexibility index (Phi) is 8.43. The zero-order chi connectivity index (χ0) is 21.9. The molecule has 0 aromatic rings. The quantitative estimate of drug-likeness (QED) is 0.296. The number of halogens is 9. The van der Waals surface area contributed by atoms with Gasteiger partial charge in [-0.25, -0.2) is 4.18 Å². The lowest BCUT2D eigenvalue weighted by Gasteiger charge is -2.22. The minimum Gasteiger partial charge on any atom is -0.257 e. The summed E-state index contributed by atoms with van der Waals surface area (Å²) in [5, 5.41) is 0. The van der Waals surface area contributed by atoms with Gasteiger partial charge in [-0.05, 0) is 19.8 Å². The van der Waals surface area contributed by atoms with Crippen molar-refractivity contribution < 1.29 is 64.7 Å². The topological polar surface area (TPSA) is 86.7 Å². The Morgan fingerprint density at radius 3 is 1.30 bits per heavy atom. The second-order valence-corrected chi connectivity index (χ2v) is 8.50. The summed E-state index contributed by atoms with van der Waals surface area (Å²) in [6, 6.07) is 0. The van der Waals surface area contributed by atoms with Crippen molar-refractivity contribution in [2.45, 2.75) is 50.5 Å². The van der Waals surface area contributed by atoms with Crippen LogP contribution in [0.5, 0.6) is 0 Å². The summed E-state index contributed by atoms with van der Waals surface area (Å²) in [4.78, 5) is 0. The van der Waals surface area contributed by atoms with Crippen molar-refractivity contribution in [1.82, 2.24) is 0 Å². The first-order valence-electron chi connectivity index (χ1n) is 6.69. The maximum Gasteiger partial charge on any atom is 0.425 e. The number of hydrogen-bond donors (Lipinski definition) is 0. The van der Waals surface area contributed by atoms with E-state index in [0.29, 0.717) is 6.92 Å². The molecule has 0 aromatic carbocycles. The van der Waals surface area contributed by atoms with E-state index >= 15 is 0 Å². The van der Waals surface area contributed by atoms with Crippen molar-refractivity contribution in [3.63, 3.8) is 0 Å². The van der Waals surface area contributed by atoms with Gasteiger partial charge < -0.3 is 0 Å². The van der Waals surface area contributed by atoms with Crippen LogP contribution in [0.1, 0.15) is 19.8 Å². The summed E-state index contributed by atoms with van der Waals surface area (Å²) in [5.41, 5.74) is 0. The SMILES string of the molecule is CC(OS(=O)(=O)CCCCS(=O)(=O)OC(C(F)(F)F)C(F)(F)F)C(F)(F)F. The normalized spacial score (nSPS) is 16.0. The predicted octanol–water partition coefficient (Wildman–Crippen LogP) is 2.90. The molecular weight excluding hydrogens is 451 g/mol. The van der Waals surface area contributed by atoms with Gasteiger partial charge in [0.25, 0.3) is 26.3 Å². The third-order valence-electron chi connectivity index (χ3n) is 2.63. The molecule has 0 fully saturated rings. The monoisotopic (exact) mass is 464 g/mol. The number of rotatable bonds is 9. The van der Waals surface area contributed by atoms with Gasteiger partial charge >= 0.3 is 18.5 Å². The molecule has 1 unspecified atom stereocenters. The third-order valence-corrected chi connectivity index (χ3v) is 5.27. The molecule has 0 amide bonds. The lowest BCUT2D eigenvalue weighted by molar-refractivity contribution is -0.299. The van der Waals surface area contributed by atoms with Gasteiger partial charge in [0, 0.05) is 0 Å². The van der Waals surface area contributed by atoms with Crippen LogP contribution in [0.4, 0.5) is 39.5 Å². The van der Waals surface area contributed by atoms with E-state index in [9.17, 15) is 56.3 Å². The van der Waals surface area contributed by atoms with Crippen molar-refractivity contribution in [2.75, 3.05) is 11.5 Å². The highest BCUT2D eigenvalue weighted by molar-refractivity contribution is 7.87. The lowest BCUT2D eigenvalue weighted by Crippen LogP contribution is -2.45. The second kappa shape index (κ2) is 8.69. The van der Waals surface area contributed by atoms with Crippen LogP contribution in [0.15, 0.2) is 0 Å². The maximum atomic E-state index is 12.2. The Labute approximate surface area is 147 Å². The van der Waals surface area contributed by atoms with Crippen LogP contribution < -0.4 is 0 Å². The van der Waals surface area contributed by atoms with E-state index in [2.05, 4.69) is 8.37 Å². The highest BCUT2D eigenvalue weighted by atomic mass is 32.2. The molecule has 0 N–H and O–H groups in total. The molecule has 0 radical (unpaired) electrons. The van der Waals surface area contributed by atoms with Crippen LogP contribution in [0, 0.1) is 0 Å². The van der Waals surface area contributed by atoms with Gasteiger partial charge in [-0.15, -0.1) is 0 Å². The van der Waals surface area contributed by atoms with Gasteiger partial charge in [-0.1, -0.05) is 0 Å². The standard InChI is InChI=1S/C10H13F9O6S2/c1-6(8(11,12)13)24-26(20,21)4-2-3-5-27(22,23)25-7(9(14,15)16)10(17,18)19/h6-7H,2-5H2,1H3.